The number of allylic oxidation sites excluding steroid dienone is 1. The molecule has 0 N–H and O–H groups in total. The fraction of sp³-hybridized carbons (Fsp3) is 0.273. The summed E-state index contributed by atoms with van der Waals surface area (Å²) in [6.07, 6.45) is 1.52. The van der Waals surface area contributed by atoms with Gasteiger partial charge in [-0.2, -0.15) is 0 Å². The van der Waals surface area contributed by atoms with Crippen LogP contribution in [0.1, 0.15) is 23.1 Å². The Morgan fingerprint density at radius 1 is 1.00 bits per heavy atom. The van der Waals surface area contributed by atoms with Crippen LogP contribution in [0.25, 0.3) is 6.08 Å². The first kappa shape index (κ1) is 21.6. The number of hydrogen-bond acceptors (Lipinski definition) is 6. The summed E-state index contributed by atoms with van der Waals surface area (Å²) in [6, 6.07) is 13.9. The van der Waals surface area contributed by atoms with Gasteiger partial charge in [0.2, 0.25) is 0 Å². The molecule has 2 aromatic carbocycles. The number of rotatable bonds is 6. The molecule has 7 nitrogen and oxygen atoms in total. The van der Waals surface area contributed by atoms with Gasteiger partial charge in [0.05, 0.1) is 25.7 Å². The van der Waals surface area contributed by atoms with Crippen molar-refractivity contribution in [3.63, 3.8) is 0 Å². The second-order valence-corrected chi connectivity index (χ2v) is 8.82. The molecule has 0 fully saturated rings. The van der Waals surface area contributed by atoms with E-state index >= 15 is 0 Å². The van der Waals surface area contributed by atoms with Crippen LogP contribution in [0.3, 0.4) is 0 Å². The zero-order valence-electron chi connectivity index (χ0n) is 17.0. The number of fused-ring (bicyclic) bond motifs is 1. The molecule has 1 aliphatic rings. The van der Waals surface area contributed by atoms with E-state index in [9.17, 15) is 18.0 Å². The summed E-state index contributed by atoms with van der Waals surface area (Å²) >= 11 is 0. The molecule has 1 aliphatic heterocycles. The molecular formula is C22H23NO6S. The first-order valence-electron chi connectivity index (χ1n) is 9.31. The predicted octanol–water partition coefficient (Wildman–Crippen LogP) is 2.89. The maximum absolute atomic E-state index is 13.4. The minimum atomic E-state index is -3.92. The maximum Gasteiger partial charge on any atom is 0.320 e. The maximum atomic E-state index is 13.4. The van der Waals surface area contributed by atoms with Gasteiger partial charge in [-0.1, -0.05) is 42.0 Å². The monoisotopic (exact) mass is 429 g/mol. The van der Waals surface area contributed by atoms with Crippen LogP contribution in [0.4, 0.5) is 0 Å². The Morgan fingerprint density at radius 2 is 1.60 bits per heavy atom. The molecular weight excluding hydrogens is 406 g/mol. The predicted molar refractivity (Wildman–Crippen MR) is 110 cm³/mol. The van der Waals surface area contributed by atoms with Crippen LogP contribution >= 0.6 is 0 Å². The van der Waals surface area contributed by atoms with Gasteiger partial charge in [-0.3, -0.25) is 13.9 Å². The highest BCUT2D eigenvalue weighted by molar-refractivity contribution is 7.89. The van der Waals surface area contributed by atoms with E-state index in [1.165, 1.54) is 18.5 Å². The Balaban J connectivity index is 2.07. The Labute approximate surface area is 176 Å². The fourth-order valence-electron chi connectivity index (χ4n) is 3.32. The van der Waals surface area contributed by atoms with E-state index in [4.69, 9.17) is 9.47 Å². The van der Waals surface area contributed by atoms with E-state index in [0.29, 0.717) is 5.70 Å². The molecule has 0 saturated heterocycles. The van der Waals surface area contributed by atoms with Crippen molar-refractivity contribution in [3.8, 4) is 0 Å². The summed E-state index contributed by atoms with van der Waals surface area (Å²) in [5.74, 6) is -2.84. The summed E-state index contributed by atoms with van der Waals surface area (Å²) in [5.41, 5.74) is 2.90. The highest BCUT2D eigenvalue weighted by Crippen LogP contribution is 2.34. The van der Waals surface area contributed by atoms with E-state index in [1.54, 1.807) is 30.3 Å². The van der Waals surface area contributed by atoms with Gasteiger partial charge >= 0.3 is 11.9 Å². The van der Waals surface area contributed by atoms with Crippen molar-refractivity contribution < 1.29 is 27.5 Å². The van der Waals surface area contributed by atoms with Gasteiger partial charge in [-0.15, -0.1) is 0 Å². The van der Waals surface area contributed by atoms with E-state index < -0.39 is 27.9 Å². The summed E-state index contributed by atoms with van der Waals surface area (Å²) in [7, 11) is -1.58. The van der Waals surface area contributed by atoms with Crippen molar-refractivity contribution in [1.29, 1.82) is 0 Å². The summed E-state index contributed by atoms with van der Waals surface area (Å²) < 4.78 is 37.6. The second kappa shape index (κ2) is 8.71. The highest BCUT2D eigenvalue weighted by atomic mass is 32.2. The van der Waals surface area contributed by atoms with Crippen molar-refractivity contribution in [2.45, 2.75) is 24.8 Å². The molecule has 1 heterocycles. The Morgan fingerprint density at radius 3 is 2.20 bits per heavy atom. The average molecular weight is 429 g/mol. The molecule has 2 aromatic rings. The quantitative estimate of drug-likeness (QED) is 0.518. The molecule has 0 aliphatic carbocycles. The largest absolute Gasteiger partial charge is 0.468 e. The zero-order valence-corrected chi connectivity index (χ0v) is 17.8. The summed E-state index contributed by atoms with van der Waals surface area (Å²) in [5, 5.41) is 0. The highest BCUT2D eigenvalue weighted by Gasteiger charge is 2.36. The van der Waals surface area contributed by atoms with Gasteiger partial charge in [0.15, 0.2) is 5.92 Å². The Kier molecular flexibility index (Phi) is 6.26. The molecule has 0 saturated carbocycles. The molecule has 0 aromatic heterocycles. The van der Waals surface area contributed by atoms with Crippen molar-refractivity contribution in [3.05, 3.63) is 70.9 Å². The number of methoxy groups -OCH3 is 2. The molecule has 0 radical (unpaired) electrons. The molecule has 8 heteroatoms. The van der Waals surface area contributed by atoms with Crippen LogP contribution in [0.2, 0.25) is 0 Å². The summed E-state index contributed by atoms with van der Waals surface area (Å²) in [6.45, 7) is 1.96. The number of benzene rings is 2. The third kappa shape index (κ3) is 4.23. The molecule has 30 heavy (non-hydrogen) atoms. The number of carbonyl (C=O) groups excluding carboxylic acids is 2. The van der Waals surface area contributed by atoms with E-state index in [1.807, 2.05) is 31.2 Å². The molecule has 3 rings (SSSR count). The van der Waals surface area contributed by atoms with Crippen molar-refractivity contribution in [2.24, 2.45) is 5.92 Å². The topological polar surface area (TPSA) is 90.0 Å². The fourth-order valence-corrected chi connectivity index (χ4v) is 4.80. The van der Waals surface area contributed by atoms with E-state index in [0.717, 1.165) is 16.7 Å². The lowest BCUT2D eigenvalue weighted by atomic mass is 9.97. The number of esters is 2. The van der Waals surface area contributed by atoms with Crippen molar-refractivity contribution >= 4 is 28.0 Å². The van der Waals surface area contributed by atoms with E-state index in [-0.39, 0.29) is 17.9 Å². The van der Waals surface area contributed by atoms with Gasteiger partial charge < -0.3 is 9.47 Å². The molecule has 0 amide bonds. The average Bonchev–Trinajstić information content (AvgIpc) is 2.76. The number of sulfonamides is 1. The normalized spacial score (nSPS) is 13.5. The Bertz CT molecular complexity index is 1070. The van der Waals surface area contributed by atoms with Gasteiger partial charge in [-0.05, 0) is 36.3 Å². The van der Waals surface area contributed by atoms with Crippen LogP contribution in [-0.4, -0.2) is 38.9 Å². The molecule has 0 atom stereocenters. The number of hydrogen-bond donors (Lipinski definition) is 0. The molecule has 0 bridgehead atoms. The van der Waals surface area contributed by atoms with Gasteiger partial charge in [-0.25, -0.2) is 8.42 Å². The van der Waals surface area contributed by atoms with Gasteiger partial charge in [0.1, 0.15) is 0 Å². The smallest absolute Gasteiger partial charge is 0.320 e. The lowest BCUT2D eigenvalue weighted by Gasteiger charge is -2.32. The van der Waals surface area contributed by atoms with Crippen LogP contribution in [0.5, 0.6) is 0 Å². The van der Waals surface area contributed by atoms with Gasteiger partial charge in [0.25, 0.3) is 10.0 Å². The third-order valence-electron chi connectivity index (χ3n) is 5.01. The standard InChI is InChI=1S/C22H23NO6S/c1-15-8-10-19(11-9-15)30(26,27)23-14-17-7-5-4-6-16(17)12-18(23)13-20(21(24)28-2)22(25)29-3/h4-12,20H,13-14H2,1-3H3. The van der Waals surface area contributed by atoms with Crippen LogP contribution in [-0.2, 0) is 35.6 Å². The SMILES string of the molecule is COC(=O)C(CC1=Cc2ccccc2CN1S(=O)(=O)c1ccc(C)cc1)C(=O)OC. The Hall–Kier alpha value is -3.13. The number of carbonyl (C=O) groups is 2. The van der Waals surface area contributed by atoms with Crippen molar-refractivity contribution in [2.75, 3.05) is 14.2 Å². The van der Waals surface area contributed by atoms with Crippen LogP contribution in [0, 0.1) is 12.8 Å². The number of nitrogens with zero attached hydrogens (tertiary/aromatic N) is 1. The first-order valence-corrected chi connectivity index (χ1v) is 10.8. The minimum absolute atomic E-state index is 0.0906. The van der Waals surface area contributed by atoms with Gasteiger partial charge in [0, 0.05) is 12.1 Å². The third-order valence-corrected chi connectivity index (χ3v) is 6.82. The van der Waals surface area contributed by atoms with Crippen LogP contribution < -0.4 is 0 Å². The molecule has 0 spiro atoms. The molecule has 0 unspecified atom stereocenters. The lowest BCUT2D eigenvalue weighted by Crippen LogP contribution is -2.36. The first-order chi connectivity index (χ1) is 14.3. The zero-order chi connectivity index (χ0) is 21.9. The second-order valence-electron chi connectivity index (χ2n) is 6.96. The lowest BCUT2D eigenvalue weighted by molar-refractivity contribution is -0.158. The van der Waals surface area contributed by atoms with Crippen LogP contribution in [0.15, 0.2) is 59.1 Å². The number of ether oxygens (including phenoxy) is 2. The molecule has 158 valence electrons. The van der Waals surface area contributed by atoms with E-state index in [2.05, 4.69) is 0 Å². The summed E-state index contributed by atoms with van der Waals surface area (Å²) in [4.78, 5) is 24.5. The number of aryl methyl sites for hydroxylation is 1. The van der Waals surface area contributed by atoms with Crippen molar-refractivity contribution in [1.82, 2.24) is 4.31 Å². The minimum Gasteiger partial charge on any atom is -0.468 e.